The Bertz CT molecular complexity index is 1100. The van der Waals surface area contributed by atoms with Crippen molar-refractivity contribution in [3.8, 4) is 0 Å². The summed E-state index contributed by atoms with van der Waals surface area (Å²) in [4.78, 5) is 20.2. The fourth-order valence-electron chi connectivity index (χ4n) is 5.13. The number of hydrogen-bond acceptors (Lipinski definition) is 5. The molecule has 0 amide bonds. The van der Waals surface area contributed by atoms with Gasteiger partial charge in [-0.3, -0.25) is 14.0 Å². The maximum absolute atomic E-state index is 13.3. The number of fused-ring (bicyclic) bond motifs is 3. The van der Waals surface area contributed by atoms with E-state index in [1.165, 1.54) is 53.8 Å². The van der Waals surface area contributed by atoms with Gasteiger partial charge >= 0.3 is 0 Å². The van der Waals surface area contributed by atoms with Gasteiger partial charge in [0.1, 0.15) is 4.83 Å². The molecular weight excluding hydrogens is 394 g/mol. The van der Waals surface area contributed by atoms with Crippen molar-refractivity contribution >= 4 is 21.6 Å². The largest absolute Gasteiger partial charge is 0.309 e. The topological polar surface area (TPSA) is 64.7 Å². The van der Waals surface area contributed by atoms with Gasteiger partial charge in [-0.25, -0.2) is 4.98 Å². The quantitative estimate of drug-likeness (QED) is 0.677. The average Bonchev–Trinajstić information content (AvgIpc) is 3.29. The van der Waals surface area contributed by atoms with Crippen LogP contribution in [0.4, 0.5) is 0 Å². The molecule has 2 aliphatic carbocycles. The predicted octanol–water partition coefficient (Wildman–Crippen LogP) is 3.73. The standard InChI is InChI=1S/C23H31N5OS/c1-15-17(12-26-27(15)2)11-24-18-8-9-19-20(10-18)30-22-21(19)23(29)28(14-25-22)13-16-6-4-3-5-7-16/h12,14,16,18,24H,3-11,13H2,1-2H3/t18-/m1/s1. The van der Waals surface area contributed by atoms with Gasteiger partial charge in [0.15, 0.2) is 0 Å². The van der Waals surface area contributed by atoms with Crippen molar-refractivity contribution in [1.29, 1.82) is 0 Å². The minimum Gasteiger partial charge on any atom is -0.309 e. The van der Waals surface area contributed by atoms with Gasteiger partial charge in [-0.15, -0.1) is 11.3 Å². The molecule has 160 valence electrons. The molecule has 30 heavy (non-hydrogen) atoms. The van der Waals surface area contributed by atoms with E-state index in [9.17, 15) is 4.79 Å². The van der Waals surface area contributed by atoms with Crippen LogP contribution in [0.2, 0.25) is 0 Å². The molecule has 0 spiro atoms. The molecule has 1 fully saturated rings. The minimum atomic E-state index is 0.181. The smallest absolute Gasteiger partial charge is 0.262 e. The number of thiophene rings is 1. The molecule has 0 aliphatic heterocycles. The van der Waals surface area contributed by atoms with E-state index >= 15 is 0 Å². The molecule has 1 atom stereocenters. The highest BCUT2D eigenvalue weighted by Crippen LogP contribution is 2.34. The van der Waals surface area contributed by atoms with Crippen molar-refractivity contribution in [3.05, 3.63) is 44.6 Å². The molecule has 7 heteroatoms. The molecule has 3 aromatic rings. The summed E-state index contributed by atoms with van der Waals surface area (Å²) in [5.74, 6) is 0.634. The highest BCUT2D eigenvalue weighted by Gasteiger charge is 2.26. The van der Waals surface area contributed by atoms with Crippen LogP contribution < -0.4 is 10.9 Å². The SMILES string of the molecule is Cc1c(CN[C@@H]2CCc3c(sc4ncn(CC5CCCCC5)c(=O)c34)C2)cnn1C. The Balaban J connectivity index is 1.33. The lowest BCUT2D eigenvalue weighted by Gasteiger charge is -2.23. The zero-order valence-corrected chi connectivity index (χ0v) is 18.8. The molecule has 1 N–H and O–H groups in total. The molecule has 0 radical (unpaired) electrons. The molecule has 1 saturated carbocycles. The zero-order chi connectivity index (χ0) is 20.7. The highest BCUT2D eigenvalue weighted by molar-refractivity contribution is 7.18. The maximum Gasteiger partial charge on any atom is 0.262 e. The third-order valence-corrected chi connectivity index (χ3v) is 8.30. The molecule has 0 unspecified atom stereocenters. The number of aromatic nitrogens is 4. The van der Waals surface area contributed by atoms with Gasteiger partial charge in [-0.05, 0) is 50.5 Å². The summed E-state index contributed by atoms with van der Waals surface area (Å²) in [6, 6.07) is 0.439. The van der Waals surface area contributed by atoms with Crippen molar-refractivity contribution < 1.29 is 0 Å². The van der Waals surface area contributed by atoms with Crippen LogP contribution in [0.25, 0.3) is 10.2 Å². The summed E-state index contributed by atoms with van der Waals surface area (Å²) in [6.07, 6.45) is 13.2. The Hall–Kier alpha value is -1.99. The zero-order valence-electron chi connectivity index (χ0n) is 18.0. The van der Waals surface area contributed by atoms with Crippen LogP contribution in [0.3, 0.4) is 0 Å². The normalized spacial score (nSPS) is 20.0. The van der Waals surface area contributed by atoms with Gasteiger partial charge in [-0.2, -0.15) is 5.10 Å². The molecule has 0 aromatic carbocycles. The number of rotatable bonds is 5. The molecular formula is C23H31N5OS. The van der Waals surface area contributed by atoms with Crippen LogP contribution in [-0.2, 0) is 33.0 Å². The van der Waals surface area contributed by atoms with E-state index in [0.29, 0.717) is 12.0 Å². The number of aryl methyl sites for hydroxylation is 2. The molecule has 0 bridgehead atoms. The summed E-state index contributed by atoms with van der Waals surface area (Å²) >= 11 is 1.72. The Kier molecular flexibility index (Phi) is 5.50. The first-order valence-electron chi connectivity index (χ1n) is 11.3. The maximum atomic E-state index is 13.3. The first-order chi connectivity index (χ1) is 14.6. The van der Waals surface area contributed by atoms with Crippen LogP contribution in [0.5, 0.6) is 0 Å². The predicted molar refractivity (Wildman–Crippen MR) is 121 cm³/mol. The first-order valence-corrected chi connectivity index (χ1v) is 12.1. The van der Waals surface area contributed by atoms with Gasteiger partial charge < -0.3 is 5.32 Å². The summed E-state index contributed by atoms with van der Waals surface area (Å²) < 4.78 is 3.81. The number of nitrogens with one attached hydrogen (secondary N) is 1. The molecule has 6 nitrogen and oxygen atoms in total. The van der Waals surface area contributed by atoms with Gasteiger partial charge in [0.25, 0.3) is 5.56 Å². The summed E-state index contributed by atoms with van der Waals surface area (Å²) in [5.41, 5.74) is 3.91. The van der Waals surface area contributed by atoms with E-state index in [0.717, 1.165) is 42.6 Å². The lowest BCUT2D eigenvalue weighted by atomic mass is 9.89. The molecule has 3 heterocycles. The fourth-order valence-corrected chi connectivity index (χ4v) is 6.38. The molecule has 2 aliphatic rings. The van der Waals surface area contributed by atoms with E-state index in [1.807, 2.05) is 22.5 Å². The van der Waals surface area contributed by atoms with Gasteiger partial charge in [0.2, 0.25) is 0 Å². The molecule has 5 rings (SSSR count). The van der Waals surface area contributed by atoms with E-state index in [4.69, 9.17) is 4.98 Å². The summed E-state index contributed by atoms with van der Waals surface area (Å²) in [7, 11) is 1.98. The first kappa shape index (κ1) is 19.9. The molecule has 0 saturated heterocycles. The lowest BCUT2D eigenvalue weighted by molar-refractivity contribution is 0.315. The van der Waals surface area contributed by atoms with E-state index in [1.54, 1.807) is 17.7 Å². The summed E-state index contributed by atoms with van der Waals surface area (Å²) in [6.45, 7) is 3.79. The fraction of sp³-hybridized carbons (Fsp3) is 0.609. The van der Waals surface area contributed by atoms with Crippen molar-refractivity contribution in [2.45, 2.75) is 77.4 Å². The molecule has 3 aromatic heterocycles. The number of hydrogen-bond donors (Lipinski definition) is 1. The third kappa shape index (κ3) is 3.73. The third-order valence-electron chi connectivity index (χ3n) is 7.13. The van der Waals surface area contributed by atoms with Gasteiger partial charge in [-0.1, -0.05) is 19.3 Å². The monoisotopic (exact) mass is 425 g/mol. The minimum absolute atomic E-state index is 0.181. The Morgan fingerprint density at radius 3 is 2.83 bits per heavy atom. The second-order valence-electron chi connectivity index (χ2n) is 9.09. The van der Waals surface area contributed by atoms with Crippen LogP contribution in [0.15, 0.2) is 17.3 Å². The van der Waals surface area contributed by atoms with Gasteiger partial charge in [0.05, 0.1) is 17.9 Å². The summed E-state index contributed by atoms with van der Waals surface area (Å²) in [5, 5.41) is 8.94. The van der Waals surface area contributed by atoms with Crippen molar-refractivity contribution in [3.63, 3.8) is 0 Å². The van der Waals surface area contributed by atoms with E-state index < -0.39 is 0 Å². The Morgan fingerprint density at radius 2 is 2.07 bits per heavy atom. The Morgan fingerprint density at radius 1 is 1.23 bits per heavy atom. The average molecular weight is 426 g/mol. The van der Waals surface area contributed by atoms with Crippen LogP contribution in [0, 0.1) is 12.8 Å². The van der Waals surface area contributed by atoms with Crippen molar-refractivity contribution in [1.82, 2.24) is 24.6 Å². The van der Waals surface area contributed by atoms with Crippen LogP contribution in [-0.4, -0.2) is 25.4 Å². The second-order valence-corrected chi connectivity index (χ2v) is 10.2. The van der Waals surface area contributed by atoms with Gasteiger partial charge in [0, 0.05) is 42.3 Å². The number of nitrogens with zero attached hydrogens (tertiary/aromatic N) is 4. The second kappa shape index (κ2) is 8.27. The van der Waals surface area contributed by atoms with Crippen LogP contribution >= 0.6 is 11.3 Å². The lowest BCUT2D eigenvalue weighted by Crippen LogP contribution is -2.34. The van der Waals surface area contributed by atoms with E-state index in [2.05, 4.69) is 17.3 Å². The van der Waals surface area contributed by atoms with Crippen LogP contribution in [0.1, 0.15) is 60.2 Å². The van der Waals surface area contributed by atoms with E-state index in [-0.39, 0.29) is 5.56 Å². The van der Waals surface area contributed by atoms with Crippen molar-refractivity contribution in [2.24, 2.45) is 13.0 Å². The Labute approximate surface area is 181 Å². The highest BCUT2D eigenvalue weighted by atomic mass is 32.1. The van der Waals surface area contributed by atoms with Crippen molar-refractivity contribution in [2.75, 3.05) is 0 Å².